The second-order valence-electron chi connectivity index (χ2n) is 5.65. The highest BCUT2D eigenvalue weighted by Gasteiger charge is 2.32. The second-order valence-corrected chi connectivity index (χ2v) is 6.03. The van der Waals surface area contributed by atoms with Crippen molar-refractivity contribution in [1.29, 1.82) is 0 Å². The summed E-state index contributed by atoms with van der Waals surface area (Å²) in [6.45, 7) is -0.368. The molecular formula is C16H14ClF6N3O2. The molecule has 1 heterocycles. The Hall–Kier alpha value is -2.43. The topological polar surface area (TPSA) is 56.1 Å². The summed E-state index contributed by atoms with van der Waals surface area (Å²) in [7, 11) is 0. The van der Waals surface area contributed by atoms with Gasteiger partial charge in [-0.15, -0.1) is 0 Å². The molecule has 0 aliphatic rings. The Labute approximate surface area is 160 Å². The first kappa shape index (κ1) is 21.9. The van der Waals surface area contributed by atoms with Gasteiger partial charge in [0.05, 0.1) is 5.02 Å². The quantitative estimate of drug-likeness (QED) is 0.589. The van der Waals surface area contributed by atoms with E-state index in [0.717, 1.165) is 0 Å². The number of benzene rings is 1. The van der Waals surface area contributed by atoms with Crippen LogP contribution < -0.4 is 10.1 Å². The van der Waals surface area contributed by atoms with Crippen molar-refractivity contribution in [3.05, 3.63) is 40.2 Å². The number of carbonyl (C=O) groups excluding carboxylic acids is 1. The molecule has 2 aromatic rings. The van der Waals surface area contributed by atoms with Crippen molar-refractivity contribution in [3.8, 4) is 5.75 Å². The maximum atomic E-state index is 13.2. The van der Waals surface area contributed by atoms with Crippen LogP contribution in [0, 0.1) is 6.92 Å². The number of hydrogen-bond donors (Lipinski definition) is 1. The van der Waals surface area contributed by atoms with Gasteiger partial charge < -0.3 is 10.1 Å². The summed E-state index contributed by atoms with van der Waals surface area (Å²) in [5.41, 5.74) is -1.53. The summed E-state index contributed by atoms with van der Waals surface area (Å²) < 4.78 is 81.4. The van der Waals surface area contributed by atoms with Crippen molar-refractivity contribution < 1.29 is 35.9 Å². The monoisotopic (exact) mass is 429 g/mol. The zero-order valence-electron chi connectivity index (χ0n) is 14.4. The van der Waals surface area contributed by atoms with E-state index < -0.39 is 47.8 Å². The van der Waals surface area contributed by atoms with Crippen LogP contribution in [0.4, 0.5) is 32.0 Å². The molecule has 1 unspecified atom stereocenters. The van der Waals surface area contributed by atoms with Gasteiger partial charge in [-0.2, -0.15) is 13.9 Å². The Morgan fingerprint density at radius 3 is 2.32 bits per heavy atom. The minimum absolute atomic E-state index is 0.140. The van der Waals surface area contributed by atoms with Crippen LogP contribution >= 0.6 is 11.6 Å². The SMILES string of the molecule is Cc1cc(OC(F)F)ccc1NC(=O)C(C)n1nc(C(F)F)c(Cl)c1C(F)F. The molecule has 1 atom stereocenters. The highest BCUT2D eigenvalue weighted by atomic mass is 35.5. The van der Waals surface area contributed by atoms with Crippen LogP contribution in [-0.2, 0) is 4.79 Å². The Morgan fingerprint density at radius 1 is 1.18 bits per heavy atom. The molecule has 0 saturated heterocycles. The van der Waals surface area contributed by atoms with E-state index >= 15 is 0 Å². The molecule has 0 aliphatic carbocycles. The van der Waals surface area contributed by atoms with Crippen molar-refractivity contribution in [1.82, 2.24) is 9.78 Å². The molecule has 0 fully saturated rings. The average molecular weight is 430 g/mol. The third-order valence-corrected chi connectivity index (χ3v) is 4.14. The first-order chi connectivity index (χ1) is 13.0. The third-order valence-electron chi connectivity index (χ3n) is 3.75. The first-order valence-corrected chi connectivity index (χ1v) is 8.11. The molecule has 28 heavy (non-hydrogen) atoms. The highest BCUT2D eigenvalue weighted by molar-refractivity contribution is 6.32. The number of halogens is 7. The fourth-order valence-electron chi connectivity index (χ4n) is 2.38. The first-order valence-electron chi connectivity index (χ1n) is 7.73. The van der Waals surface area contributed by atoms with E-state index in [-0.39, 0.29) is 11.4 Å². The Bertz CT molecular complexity index is 859. The van der Waals surface area contributed by atoms with Gasteiger partial charge in [0.25, 0.3) is 12.9 Å². The minimum atomic E-state index is -3.24. The molecule has 0 saturated carbocycles. The number of amides is 1. The lowest BCUT2D eigenvalue weighted by Crippen LogP contribution is -2.26. The lowest BCUT2D eigenvalue weighted by Gasteiger charge is -2.17. The van der Waals surface area contributed by atoms with E-state index in [4.69, 9.17) is 11.6 Å². The predicted octanol–water partition coefficient (Wildman–Crippen LogP) is 5.52. The predicted molar refractivity (Wildman–Crippen MR) is 88.3 cm³/mol. The minimum Gasteiger partial charge on any atom is -0.435 e. The van der Waals surface area contributed by atoms with Gasteiger partial charge in [0.15, 0.2) is 0 Å². The molecule has 0 aliphatic heterocycles. The zero-order valence-corrected chi connectivity index (χ0v) is 15.2. The van der Waals surface area contributed by atoms with Crippen LogP contribution in [-0.4, -0.2) is 22.3 Å². The number of ether oxygens (including phenoxy) is 1. The summed E-state index contributed by atoms with van der Waals surface area (Å²) in [6, 6.07) is 2.26. The normalized spacial score (nSPS) is 12.7. The fourth-order valence-corrected chi connectivity index (χ4v) is 2.67. The summed E-state index contributed by atoms with van der Waals surface area (Å²) in [4.78, 5) is 12.4. The van der Waals surface area contributed by atoms with E-state index in [9.17, 15) is 31.1 Å². The maximum Gasteiger partial charge on any atom is 0.387 e. The number of hydrogen-bond acceptors (Lipinski definition) is 3. The summed E-state index contributed by atoms with van der Waals surface area (Å²) in [5.74, 6) is -0.994. The molecule has 5 nitrogen and oxygen atoms in total. The smallest absolute Gasteiger partial charge is 0.387 e. The van der Waals surface area contributed by atoms with Crippen LogP contribution in [0.25, 0.3) is 0 Å². The molecule has 0 spiro atoms. The summed E-state index contributed by atoms with van der Waals surface area (Å²) in [5, 5.41) is 4.84. The Morgan fingerprint density at radius 2 is 1.82 bits per heavy atom. The van der Waals surface area contributed by atoms with Crippen LogP contribution in [0.15, 0.2) is 18.2 Å². The van der Waals surface area contributed by atoms with Crippen LogP contribution in [0.2, 0.25) is 5.02 Å². The van der Waals surface area contributed by atoms with Gasteiger partial charge >= 0.3 is 6.61 Å². The second kappa shape index (κ2) is 8.72. The van der Waals surface area contributed by atoms with E-state index in [1.807, 2.05) is 0 Å². The molecule has 154 valence electrons. The van der Waals surface area contributed by atoms with Gasteiger partial charge in [0.1, 0.15) is 23.2 Å². The van der Waals surface area contributed by atoms with Crippen molar-refractivity contribution >= 4 is 23.2 Å². The van der Waals surface area contributed by atoms with Crippen molar-refractivity contribution in [2.45, 2.75) is 39.4 Å². The molecule has 1 N–H and O–H groups in total. The maximum absolute atomic E-state index is 13.2. The van der Waals surface area contributed by atoms with Crippen molar-refractivity contribution in [3.63, 3.8) is 0 Å². The Balaban J connectivity index is 2.27. The highest BCUT2D eigenvalue weighted by Crippen LogP contribution is 2.36. The van der Waals surface area contributed by atoms with Crippen molar-refractivity contribution in [2.75, 3.05) is 5.32 Å². The number of aromatic nitrogens is 2. The van der Waals surface area contributed by atoms with E-state index in [0.29, 0.717) is 10.2 Å². The molecule has 1 amide bonds. The molecule has 0 bridgehead atoms. The molecule has 0 radical (unpaired) electrons. The summed E-state index contributed by atoms with van der Waals surface area (Å²) >= 11 is 5.56. The lowest BCUT2D eigenvalue weighted by atomic mass is 10.2. The van der Waals surface area contributed by atoms with Gasteiger partial charge in [-0.1, -0.05) is 11.6 Å². The molecular weight excluding hydrogens is 416 g/mol. The summed E-state index contributed by atoms with van der Waals surface area (Å²) in [6.07, 6.45) is -6.44. The molecule has 12 heteroatoms. The lowest BCUT2D eigenvalue weighted by molar-refractivity contribution is -0.119. The van der Waals surface area contributed by atoms with Crippen LogP contribution in [0.3, 0.4) is 0 Å². The van der Waals surface area contributed by atoms with Crippen LogP contribution in [0.5, 0.6) is 5.75 Å². The van der Waals surface area contributed by atoms with E-state index in [2.05, 4.69) is 15.2 Å². The molecule has 1 aromatic heterocycles. The van der Waals surface area contributed by atoms with Gasteiger partial charge in [-0.05, 0) is 37.6 Å². The average Bonchev–Trinajstić information content (AvgIpc) is 2.93. The van der Waals surface area contributed by atoms with E-state index in [1.165, 1.54) is 32.0 Å². The standard InChI is InChI=1S/C16H14ClF6N3O2/c1-6-5-8(28-16(22)23)3-4-9(6)24-15(27)7(2)26-12(14(20)21)10(17)11(25-26)13(18)19/h3-5,7,13-14,16H,1-2H3,(H,24,27). The van der Waals surface area contributed by atoms with Gasteiger partial charge in [0.2, 0.25) is 5.91 Å². The van der Waals surface area contributed by atoms with Gasteiger partial charge in [-0.25, -0.2) is 22.2 Å². The number of anilines is 1. The van der Waals surface area contributed by atoms with Crippen LogP contribution in [0.1, 0.15) is 42.8 Å². The number of carbonyl (C=O) groups is 1. The van der Waals surface area contributed by atoms with Crippen molar-refractivity contribution in [2.24, 2.45) is 0 Å². The number of alkyl halides is 6. The number of rotatable bonds is 7. The number of nitrogens with one attached hydrogen (secondary N) is 1. The zero-order chi connectivity index (χ0) is 21.2. The fraction of sp³-hybridized carbons (Fsp3) is 0.375. The van der Waals surface area contributed by atoms with Gasteiger partial charge in [-0.3, -0.25) is 4.79 Å². The third kappa shape index (κ3) is 4.70. The van der Waals surface area contributed by atoms with Gasteiger partial charge in [0, 0.05) is 5.69 Å². The Kier molecular flexibility index (Phi) is 6.81. The largest absolute Gasteiger partial charge is 0.435 e. The number of nitrogens with zero attached hydrogens (tertiary/aromatic N) is 2. The molecule has 2 rings (SSSR count). The number of aryl methyl sites for hydroxylation is 1. The molecule has 1 aromatic carbocycles. The van der Waals surface area contributed by atoms with E-state index in [1.54, 1.807) is 0 Å².